The number of hydrogen-bond donors (Lipinski definition) is 0. The van der Waals surface area contributed by atoms with Gasteiger partial charge >= 0.3 is 0 Å². The number of halogens is 1. The van der Waals surface area contributed by atoms with E-state index in [2.05, 4.69) is 24.3 Å². The molecule has 2 rings (SSSR count). The van der Waals surface area contributed by atoms with Gasteiger partial charge in [-0.1, -0.05) is 41.4 Å². The average Bonchev–Trinajstić information content (AvgIpc) is 2.47. The molecule has 0 aliphatic carbocycles. The predicted octanol–water partition coefficient (Wildman–Crippen LogP) is 5.03. The number of nitriles is 1. The van der Waals surface area contributed by atoms with E-state index in [1.165, 1.54) is 5.56 Å². The summed E-state index contributed by atoms with van der Waals surface area (Å²) in [6, 6.07) is 15.9. The maximum Gasteiger partial charge on any atom is 0.120 e. The molecule has 1 unspecified atom stereocenters. The quantitative estimate of drug-likeness (QED) is 0.775. The molecular weight excluding hydrogens is 282 g/mol. The van der Waals surface area contributed by atoms with E-state index < -0.39 is 0 Å². The first kappa shape index (κ1) is 15.4. The summed E-state index contributed by atoms with van der Waals surface area (Å²) >= 11 is 5.92. The number of aryl methyl sites for hydroxylation is 2. The molecule has 2 aromatic carbocycles. The van der Waals surface area contributed by atoms with Crippen LogP contribution in [0.2, 0.25) is 5.02 Å². The van der Waals surface area contributed by atoms with E-state index in [0.717, 1.165) is 16.9 Å². The maximum absolute atomic E-state index is 9.41. The van der Waals surface area contributed by atoms with Gasteiger partial charge < -0.3 is 4.74 Å². The van der Waals surface area contributed by atoms with Crippen LogP contribution >= 0.6 is 11.6 Å². The van der Waals surface area contributed by atoms with Crippen LogP contribution in [0.1, 0.15) is 29.0 Å². The summed E-state index contributed by atoms with van der Waals surface area (Å²) in [6.07, 6.45) is 0.660. The van der Waals surface area contributed by atoms with Gasteiger partial charge in [-0.05, 0) is 43.2 Å². The highest BCUT2D eigenvalue weighted by Crippen LogP contribution is 2.24. The minimum absolute atomic E-state index is 0.149. The molecule has 1 atom stereocenters. The molecule has 0 radical (unpaired) electrons. The number of benzene rings is 2. The van der Waals surface area contributed by atoms with Crippen molar-refractivity contribution in [3.8, 4) is 11.8 Å². The zero-order valence-corrected chi connectivity index (χ0v) is 13.0. The van der Waals surface area contributed by atoms with Crippen molar-refractivity contribution in [1.29, 1.82) is 5.26 Å². The van der Waals surface area contributed by atoms with Crippen LogP contribution in [-0.2, 0) is 0 Å². The molecule has 0 saturated heterocycles. The smallest absolute Gasteiger partial charge is 0.120 e. The van der Waals surface area contributed by atoms with Gasteiger partial charge in [0, 0.05) is 11.4 Å². The molecule has 0 spiro atoms. The number of nitrogens with zero attached hydrogens (tertiary/aromatic N) is 1. The van der Waals surface area contributed by atoms with Crippen molar-refractivity contribution in [3.05, 3.63) is 64.2 Å². The van der Waals surface area contributed by atoms with Crippen molar-refractivity contribution >= 4 is 11.6 Å². The first-order chi connectivity index (χ1) is 10.1. The topological polar surface area (TPSA) is 33.0 Å². The highest BCUT2D eigenvalue weighted by molar-refractivity contribution is 6.30. The van der Waals surface area contributed by atoms with Crippen molar-refractivity contribution in [3.63, 3.8) is 0 Å². The molecule has 108 valence electrons. The van der Waals surface area contributed by atoms with E-state index in [9.17, 15) is 5.26 Å². The fraction of sp³-hybridized carbons (Fsp3) is 0.278. The molecule has 0 aromatic heterocycles. The minimum Gasteiger partial charge on any atom is -0.493 e. The third-order valence-corrected chi connectivity index (χ3v) is 3.67. The summed E-state index contributed by atoms with van der Waals surface area (Å²) < 4.78 is 5.68. The van der Waals surface area contributed by atoms with Crippen LogP contribution in [0.25, 0.3) is 0 Å². The van der Waals surface area contributed by atoms with E-state index in [-0.39, 0.29) is 5.92 Å². The Morgan fingerprint density at radius 3 is 2.71 bits per heavy atom. The van der Waals surface area contributed by atoms with Crippen molar-refractivity contribution in [2.24, 2.45) is 0 Å². The van der Waals surface area contributed by atoms with Crippen molar-refractivity contribution in [2.75, 3.05) is 6.61 Å². The summed E-state index contributed by atoms with van der Waals surface area (Å²) in [5, 5.41) is 10.1. The molecule has 2 nitrogen and oxygen atoms in total. The van der Waals surface area contributed by atoms with Gasteiger partial charge in [0.2, 0.25) is 0 Å². The lowest BCUT2D eigenvalue weighted by Crippen LogP contribution is -2.06. The summed E-state index contributed by atoms with van der Waals surface area (Å²) in [7, 11) is 0. The second kappa shape index (κ2) is 7.15. The summed E-state index contributed by atoms with van der Waals surface area (Å²) in [5.41, 5.74) is 3.41. The van der Waals surface area contributed by atoms with Gasteiger partial charge in [0.1, 0.15) is 5.75 Å². The van der Waals surface area contributed by atoms with Gasteiger partial charge in [-0.15, -0.1) is 0 Å². The summed E-state index contributed by atoms with van der Waals surface area (Å²) in [5.74, 6) is 0.587. The molecule has 0 aliphatic rings. The fourth-order valence-electron chi connectivity index (χ4n) is 2.28. The number of rotatable bonds is 5. The SMILES string of the molecule is Cc1ccc(C)c(C(C#N)CCOc2cccc(Cl)c2)c1. The average molecular weight is 300 g/mol. The third kappa shape index (κ3) is 4.24. The normalized spacial score (nSPS) is 11.7. The molecule has 2 aromatic rings. The molecule has 21 heavy (non-hydrogen) atoms. The van der Waals surface area contributed by atoms with Crippen LogP contribution < -0.4 is 4.74 Å². The fourth-order valence-corrected chi connectivity index (χ4v) is 2.46. The zero-order chi connectivity index (χ0) is 15.2. The molecular formula is C18H18ClNO. The van der Waals surface area contributed by atoms with Gasteiger partial charge in [0.05, 0.1) is 18.6 Å². The van der Waals surface area contributed by atoms with Crippen LogP contribution in [0.3, 0.4) is 0 Å². The van der Waals surface area contributed by atoms with Crippen LogP contribution in [0.15, 0.2) is 42.5 Å². The Balaban J connectivity index is 2.00. The Hall–Kier alpha value is -1.98. The van der Waals surface area contributed by atoms with E-state index in [1.54, 1.807) is 6.07 Å². The maximum atomic E-state index is 9.41. The Labute approximate surface area is 130 Å². The summed E-state index contributed by atoms with van der Waals surface area (Å²) in [6.45, 7) is 4.57. The third-order valence-electron chi connectivity index (χ3n) is 3.44. The molecule has 0 aliphatic heterocycles. The van der Waals surface area contributed by atoms with Crippen molar-refractivity contribution < 1.29 is 4.74 Å². The van der Waals surface area contributed by atoms with Gasteiger partial charge in [-0.3, -0.25) is 0 Å². The Kier molecular flexibility index (Phi) is 5.25. The van der Waals surface area contributed by atoms with Crippen molar-refractivity contribution in [1.82, 2.24) is 0 Å². The molecule has 0 heterocycles. The molecule has 0 saturated carbocycles. The number of ether oxygens (including phenoxy) is 1. The number of hydrogen-bond acceptors (Lipinski definition) is 2. The zero-order valence-electron chi connectivity index (χ0n) is 12.3. The molecule has 0 fully saturated rings. The van der Waals surface area contributed by atoms with Gasteiger partial charge in [-0.2, -0.15) is 5.26 Å². The second-order valence-corrected chi connectivity index (χ2v) is 5.57. The van der Waals surface area contributed by atoms with E-state index in [0.29, 0.717) is 18.1 Å². The van der Waals surface area contributed by atoms with Crippen LogP contribution in [0.4, 0.5) is 0 Å². The largest absolute Gasteiger partial charge is 0.493 e. The molecule has 0 amide bonds. The van der Waals surface area contributed by atoms with Crippen LogP contribution in [-0.4, -0.2) is 6.61 Å². The Morgan fingerprint density at radius 1 is 1.19 bits per heavy atom. The van der Waals surface area contributed by atoms with Gasteiger partial charge in [0.15, 0.2) is 0 Å². The monoisotopic (exact) mass is 299 g/mol. The highest BCUT2D eigenvalue weighted by atomic mass is 35.5. The van der Waals surface area contributed by atoms with E-state index >= 15 is 0 Å². The first-order valence-electron chi connectivity index (χ1n) is 6.95. The highest BCUT2D eigenvalue weighted by Gasteiger charge is 2.13. The lowest BCUT2D eigenvalue weighted by molar-refractivity contribution is 0.306. The van der Waals surface area contributed by atoms with Gasteiger partial charge in [0.25, 0.3) is 0 Å². The van der Waals surface area contributed by atoms with Crippen LogP contribution in [0.5, 0.6) is 5.75 Å². The lowest BCUT2D eigenvalue weighted by atomic mass is 9.92. The summed E-state index contributed by atoms with van der Waals surface area (Å²) in [4.78, 5) is 0. The van der Waals surface area contributed by atoms with E-state index in [1.807, 2.05) is 32.0 Å². The van der Waals surface area contributed by atoms with Gasteiger partial charge in [-0.25, -0.2) is 0 Å². The predicted molar refractivity (Wildman–Crippen MR) is 85.8 cm³/mol. The van der Waals surface area contributed by atoms with Crippen molar-refractivity contribution in [2.45, 2.75) is 26.2 Å². The minimum atomic E-state index is -0.149. The van der Waals surface area contributed by atoms with E-state index in [4.69, 9.17) is 16.3 Å². The lowest BCUT2D eigenvalue weighted by Gasteiger charge is -2.14. The molecule has 0 N–H and O–H groups in total. The standard InChI is InChI=1S/C18H18ClNO/c1-13-6-7-14(2)18(10-13)15(12-20)8-9-21-17-5-3-4-16(19)11-17/h3-7,10-11,15H,8-9H2,1-2H3. The first-order valence-corrected chi connectivity index (χ1v) is 7.33. The Morgan fingerprint density at radius 2 is 2.00 bits per heavy atom. The molecule has 3 heteroatoms. The van der Waals surface area contributed by atoms with Crippen LogP contribution in [0, 0.1) is 25.2 Å². The Bertz CT molecular complexity index is 661. The molecule has 0 bridgehead atoms. The second-order valence-electron chi connectivity index (χ2n) is 5.14.